The molecule has 0 amide bonds. The van der Waals surface area contributed by atoms with Crippen molar-refractivity contribution in [3.63, 3.8) is 0 Å². The van der Waals surface area contributed by atoms with Crippen LogP contribution in [0.15, 0.2) is 24.3 Å². The van der Waals surface area contributed by atoms with E-state index in [1.807, 2.05) is 0 Å². The number of benzene rings is 2. The highest BCUT2D eigenvalue weighted by Gasteiger charge is 2.39. The number of hydrogen-bond acceptors (Lipinski definition) is 3. The maximum atomic E-state index is 15.4. The van der Waals surface area contributed by atoms with Crippen LogP contribution in [0, 0.1) is 25.5 Å². The molecule has 0 aliphatic carbocycles. The molecule has 0 aliphatic heterocycles. The first-order chi connectivity index (χ1) is 13.5. The van der Waals surface area contributed by atoms with E-state index in [9.17, 15) is 22.4 Å². The van der Waals surface area contributed by atoms with Crippen molar-refractivity contribution in [2.75, 3.05) is 6.61 Å². The Hall–Kier alpha value is -2.26. The summed E-state index contributed by atoms with van der Waals surface area (Å²) in [4.78, 5) is 11.8. The van der Waals surface area contributed by atoms with Gasteiger partial charge in [-0.15, -0.1) is 0 Å². The summed E-state index contributed by atoms with van der Waals surface area (Å²) in [5, 5.41) is 5.60. The van der Waals surface area contributed by atoms with Crippen LogP contribution in [0.3, 0.4) is 0 Å². The van der Waals surface area contributed by atoms with Gasteiger partial charge in [0.2, 0.25) is 0 Å². The van der Waals surface area contributed by atoms with Gasteiger partial charge in [-0.05, 0) is 43.5 Å². The van der Waals surface area contributed by atoms with Gasteiger partial charge in [0, 0.05) is 16.7 Å². The van der Waals surface area contributed by atoms with Crippen LogP contribution in [0.1, 0.15) is 41.1 Å². The third kappa shape index (κ3) is 4.84. The van der Waals surface area contributed by atoms with E-state index >= 15 is 4.39 Å². The van der Waals surface area contributed by atoms with E-state index in [0.717, 1.165) is 0 Å². The van der Waals surface area contributed by atoms with E-state index in [1.54, 1.807) is 39.0 Å². The molecule has 2 rings (SSSR count). The van der Waals surface area contributed by atoms with Gasteiger partial charge in [-0.1, -0.05) is 18.2 Å². The van der Waals surface area contributed by atoms with Gasteiger partial charge >= 0.3 is 12.1 Å². The normalized spacial score (nSPS) is 12.7. The fourth-order valence-electron chi connectivity index (χ4n) is 3.22. The summed E-state index contributed by atoms with van der Waals surface area (Å²) in [5.41, 5.74) is -2.79. The highest BCUT2D eigenvalue weighted by molar-refractivity contribution is 6.34. The van der Waals surface area contributed by atoms with Crippen molar-refractivity contribution >= 4 is 15.7 Å². The minimum atomic E-state index is -5.05. The second-order valence-electron chi connectivity index (χ2n) is 6.51. The molecule has 0 saturated carbocycles. The number of alkyl halides is 3. The van der Waals surface area contributed by atoms with Gasteiger partial charge in [0.15, 0.2) is 0 Å². The van der Waals surface area contributed by atoms with E-state index in [-0.39, 0.29) is 17.7 Å². The Bertz CT molecular complexity index is 894. The lowest BCUT2D eigenvalue weighted by Gasteiger charge is -2.22. The smallest absolute Gasteiger partial charge is 0.419 e. The van der Waals surface area contributed by atoms with Gasteiger partial charge in [0.1, 0.15) is 21.3 Å². The number of carbonyl (C=O) groups is 1. The maximum absolute atomic E-state index is 15.4. The molecule has 2 aromatic rings. The number of halogens is 5. The molecule has 156 valence electrons. The average molecular weight is 429 g/mol. The topological polar surface area (TPSA) is 52.3 Å². The van der Waals surface area contributed by atoms with Crippen molar-refractivity contribution in [3.8, 4) is 11.1 Å². The van der Waals surface area contributed by atoms with Crippen molar-refractivity contribution in [2.45, 2.75) is 38.9 Å². The number of nitrogens with two attached hydrogens (primary N) is 1. The molecule has 0 spiro atoms. The zero-order valence-electron chi connectivity index (χ0n) is 16.1. The molecular weight excluding hydrogens is 409 g/mol. The molecule has 29 heavy (non-hydrogen) atoms. The summed E-state index contributed by atoms with van der Waals surface area (Å²) in [5.74, 6) is -3.70. The maximum Gasteiger partial charge on any atom is 0.419 e. The SMILES string of the molecule is CCOC(=O)C[C@H]([Si]N)c1c(F)c(-c2c(C)cccc2C)cc(C(F)(F)F)c1F. The highest BCUT2D eigenvalue weighted by Crippen LogP contribution is 2.41. The quantitative estimate of drug-likeness (QED) is 0.406. The predicted octanol–water partition coefficient (Wildman–Crippen LogP) is 4.84. The first kappa shape index (κ1) is 23.0. The second kappa shape index (κ2) is 9.04. The minimum absolute atomic E-state index is 0.0282. The second-order valence-corrected chi connectivity index (χ2v) is 7.54. The number of hydrogen-bond donors (Lipinski definition) is 1. The number of carbonyl (C=O) groups excluding carboxylic acids is 1. The first-order valence-corrected chi connectivity index (χ1v) is 9.95. The van der Waals surface area contributed by atoms with Gasteiger partial charge < -0.3 is 10.1 Å². The number of ether oxygens (including phenoxy) is 1. The summed E-state index contributed by atoms with van der Waals surface area (Å²) in [6.07, 6.45) is -5.58. The Kier molecular flexibility index (Phi) is 7.18. The molecule has 0 unspecified atom stereocenters. The van der Waals surface area contributed by atoms with Gasteiger partial charge in [-0.3, -0.25) is 4.79 Å². The number of rotatable bonds is 6. The lowest BCUT2D eigenvalue weighted by molar-refractivity contribution is -0.143. The largest absolute Gasteiger partial charge is 0.466 e. The lowest BCUT2D eigenvalue weighted by Crippen LogP contribution is -2.25. The van der Waals surface area contributed by atoms with Crippen LogP contribution in [-0.4, -0.2) is 22.3 Å². The van der Waals surface area contributed by atoms with E-state index in [1.165, 1.54) is 0 Å². The van der Waals surface area contributed by atoms with Crippen LogP contribution >= 0.6 is 0 Å². The van der Waals surface area contributed by atoms with Gasteiger partial charge in [-0.2, -0.15) is 13.2 Å². The molecule has 0 bridgehead atoms. The van der Waals surface area contributed by atoms with E-state index < -0.39 is 56.6 Å². The Morgan fingerprint density at radius 1 is 1.17 bits per heavy atom. The van der Waals surface area contributed by atoms with E-state index in [2.05, 4.69) is 0 Å². The van der Waals surface area contributed by atoms with Gasteiger partial charge in [0.25, 0.3) is 0 Å². The Balaban J connectivity index is 2.81. The van der Waals surface area contributed by atoms with Crippen molar-refractivity contribution in [1.82, 2.24) is 0 Å². The molecule has 0 saturated heterocycles. The molecule has 0 heterocycles. The predicted molar refractivity (Wildman–Crippen MR) is 100 cm³/mol. The summed E-state index contributed by atoms with van der Waals surface area (Å²) in [6.45, 7) is 4.82. The van der Waals surface area contributed by atoms with Crippen molar-refractivity contribution in [2.24, 2.45) is 5.40 Å². The minimum Gasteiger partial charge on any atom is -0.466 e. The third-order valence-corrected chi connectivity index (χ3v) is 5.41. The summed E-state index contributed by atoms with van der Waals surface area (Å²) in [6, 6.07) is 5.41. The average Bonchev–Trinajstić information content (AvgIpc) is 2.61. The van der Waals surface area contributed by atoms with Crippen molar-refractivity contribution in [3.05, 3.63) is 58.2 Å². The number of aryl methyl sites for hydroxylation is 2. The molecular formula is C20H20F5NO2Si. The Morgan fingerprint density at radius 2 is 1.76 bits per heavy atom. The number of esters is 1. The van der Waals surface area contributed by atoms with Crippen molar-refractivity contribution in [1.29, 1.82) is 0 Å². The molecule has 2 N–H and O–H groups in total. The Labute approximate surface area is 168 Å². The van der Waals surface area contributed by atoms with Crippen LogP contribution < -0.4 is 5.40 Å². The molecule has 0 fully saturated rings. The summed E-state index contributed by atoms with van der Waals surface area (Å²) in [7, 11) is -0.704. The zero-order valence-corrected chi connectivity index (χ0v) is 17.1. The standard InChI is InChI=1S/C20H20F5NO2Si/c1-4-28-15(27)9-14(29-26)17-18(21)12(8-13(19(17)22)20(23,24)25)16-10(2)6-5-7-11(16)3/h5-8,14H,4,9,26H2,1-3H3/t14-/m0/s1. The van der Waals surface area contributed by atoms with E-state index in [4.69, 9.17) is 10.1 Å². The van der Waals surface area contributed by atoms with Gasteiger partial charge in [0.05, 0.1) is 18.6 Å². The molecule has 3 nitrogen and oxygen atoms in total. The monoisotopic (exact) mass is 429 g/mol. The lowest BCUT2D eigenvalue weighted by atomic mass is 9.90. The summed E-state index contributed by atoms with van der Waals surface area (Å²) < 4.78 is 75.6. The first-order valence-electron chi connectivity index (χ1n) is 8.80. The molecule has 2 radical (unpaired) electrons. The van der Waals surface area contributed by atoms with Crippen LogP contribution in [-0.2, 0) is 15.7 Å². The molecule has 2 aromatic carbocycles. The molecule has 1 atom stereocenters. The van der Waals surface area contributed by atoms with Crippen molar-refractivity contribution < 1.29 is 31.5 Å². The van der Waals surface area contributed by atoms with Crippen LogP contribution in [0.25, 0.3) is 11.1 Å². The highest BCUT2D eigenvalue weighted by atomic mass is 28.2. The third-order valence-electron chi connectivity index (χ3n) is 4.52. The fourth-order valence-corrected chi connectivity index (χ4v) is 3.93. The Morgan fingerprint density at radius 3 is 2.24 bits per heavy atom. The fraction of sp³-hybridized carbons (Fsp3) is 0.350. The molecule has 0 aromatic heterocycles. The van der Waals surface area contributed by atoms with Crippen LogP contribution in [0.4, 0.5) is 22.0 Å². The van der Waals surface area contributed by atoms with Crippen LogP contribution in [0.2, 0.25) is 0 Å². The summed E-state index contributed by atoms with van der Waals surface area (Å²) >= 11 is 0. The zero-order chi connectivity index (χ0) is 21.9. The molecule has 9 heteroatoms. The molecule has 0 aliphatic rings. The van der Waals surface area contributed by atoms with E-state index in [0.29, 0.717) is 17.2 Å². The van der Waals surface area contributed by atoms with Gasteiger partial charge in [-0.25, -0.2) is 8.78 Å². The van der Waals surface area contributed by atoms with Crippen LogP contribution in [0.5, 0.6) is 0 Å².